The fraction of sp³-hybridized carbons (Fsp3) is 0.643. The molecular formula is C14H22N2O4S2. The highest BCUT2D eigenvalue weighted by Gasteiger charge is 2.64. The molecule has 1 saturated carbocycles. The van der Waals surface area contributed by atoms with Crippen molar-refractivity contribution in [2.45, 2.75) is 31.9 Å². The Hall–Kier alpha value is -1.12. The van der Waals surface area contributed by atoms with Crippen molar-refractivity contribution in [3.05, 3.63) is 10.9 Å². The van der Waals surface area contributed by atoms with E-state index >= 15 is 0 Å². The molecule has 0 aliphatic heterocycles. The van der Waals surface area contributed by atoms with Gasteiger partial charge in [-0.3, -0.25) is 4.79 Å². The summed E-state index contributed by atoms with van der Waals surface area (Å²) in [5.41, 5.74) is 0.359. The van der Waals surface area contributed by atoms with Crippen LogP contribution in [-0.2, 0) is 10.0 Å². The third kappa shape index (κ3) is 2.75. The van der Waals surface area contributed by atoms with Gasteiger partial charge < -0.3 is 10.1 Å². The highest BCUT2D eigenvalue weighted by atomic mass is 32.2. The molecule has 0 atom stereocenters. The number of hydrogen-bond acceptors (Lipinski definition) is 5. The lowest BCUT2D eigenvalue weighted by Gasteiger charge is -2.04. The quantitative estimate of drug-likeness (QED) is 0.849. The monoisotopic (exact) mass is 346 g/mol. The van der Waals surface area contributed by atoms with Crippen molar-refractivity contribution >= 4 is 27.3 Å². The number of ether oxygens (including phenoxy) is 1. The van der Waals surface area contributed by atoms with Gasteiger partial charge in [-0.2, -0.15) is 0 Å². The molecule has 8 heteroatoms. The summed E-state index contributed by atoms with van der Waals surface area (Å²) < 4.78 is 27.8. The molecule has 0 saturated heterocycles. The lowest BCUT2D eigenvalue weighted by atomic mass is 10.0. The molecule has 1 aliphatic carbocycles. The van der Waals surface area contributed by atoms with E-state index in [0.717, 1.165) is 11.3 Å². The fourth-order valence-electron chi connectivity index (χ4n) is 2.94. The first-order valence-corrected chi connectivity index (χ1v) is 9.28. The average Bonchev–Trinajstić information content (AvgIpc) is 2.74. The molecule has 1 aromatic rings. The number of amides is 1. The van der Waals surface area contributed by atoms with Crippen molar-refractivity contribution in [1.29, 1.82) is 0 Å². The van der Waals surface area contributed by atoms with Crippen LogP contribution in [0.1, 0.15) is 37.4 Å². The van der Waals surface area contributed by atoms with Crippen LogP contribution in [-0.4, -0.2) is 28.0 Å². The van der Waals surface area contributed by atoms with Crippen molar-refractivity contribution < 1.29 is 17.9 Å². The summed E-state index contributed by atoms with van der Waals surface area (Å²) in [5, 5.41) is 7.99. The number of carbonyl (C=O) groups excluding carboxylic acids is 1. The number of primary sulfonamides is 1. The summed E-state index contributed by atoms with van der Waals surface area (Å²) in [6, 6.07) is 1.41. The highest BCUT2D eigenvalue weighted by Crippen LogP contribution is 2.67. The highest BCUT2D eigenvalue weighted by molar-refractivity contribution is 7.91. The summed E-state index contributed by atoms with van der Waals surface area (Å²) in [6.07, 6.45) is 0. The zero-order valence-electron chi connectivity index (χ0n) is 13.4. The third-order valence-electron chi connectivity index (χ3n) is 5.15. The molecule has 1 aliphatic rings. The van der Waals surface area contributed by atoms with E-state index in [2.05, 4.69) is 33.0 Å². The number of methoxy groups -OCH3 is 1. The molecule has 0 radical (unpaired) electrons. The van der Waals surface area contributed by atoms with Gasteiger partial charge in [0.1, 0.15) is 0 Å². The summed E-state index contributed by atoms with van der Waals surface area (Å²) in [7, 11) is -2.56. The van der Waals surface area contributed by atoms with Gasteiger partial charge in [-0.25, -0.2) is 13.6 Å². The first-order valence-electron chi connectivity index (χ1n) is 6.91. The van der Waals surface area contributed by atoms with E-state index in [-0.39, 0.29) is 31.6 Å². The molecule has 1 heterocycles. The normalized spacial score (nSPS) is 19.7. The number of hydrogen-bond donors (Lipinski definition) is 2. The van der Waals surface area contributed by atoms with Gasteiger partial charge in [-0.1, -0.05) is 27.7 Å². The Balaban J connectivity index is 2.10. The number of sulfonamides is 1. The molecule has 1 amide bonds. The zero-order valence-corrected chi connectivity index (χ0v) is 15.0. The van der Waals surface area contributed by atoms with Crippen LogP contribution in [0.2, 0.25) is 0 Å². The van der Waals surface area contributed by atoms with Crippen LogP contribution in [0.5, 0.6) is 5.75 Å². The first-order chi connectivity index (χ1) is 9.92. The molecule has 0 unspecified atom stereocenters. The molecule has 1 aromatic heterocycles. The van der Waals surface area contributed by atoms with Gasteiger partial charge >= 0.3 is 0 Å². The molecule has 3 N–H and O–H groups in total. The van der Waals surface area contributed by atoms with Gasteiger partial charge in [0.2, 0.25) is 0 Å². The van der Waals surface area contributed by atoms with Crippen LogP contribution in [0.15, 0.2) is 10.3 Å². The Morgan fingerprint density at radius 1 is 1.36 bits per heavy atom. The van der Waals surface area contributed by atoms with E-state index in [9.17, 15) is 13.2 Å². The molecule has 0 aromatic carbocycles. The van der Waals surface area contributed by atoms with E-state index < -0.39 is 10.0 Å². The van der Waals surface area contributed by atoms with Gasteiger partial charge in [0, 0.05) is 12.6 Å². The van der Waals surface area contributed by atoms with Crippen molar-refractivity contribution in [1.82, 2.24) is 5.32 Å². The number of rotatable bonds is 5. The van der Waals surface area contributed by atoms with Gasteiger partial charge in [0.15, 0.2) is 9.96 Å². The Morgan fingerprint density at radius 3 is 2.27 bits per heavy atom. The molecule has 2 rings (SSSR count). The molecule has 22 heavy (non-hydrogen) atoms. The van der Waals surface area contributed by atoms with Crippen LogP contribution in [0, 0.1) is 16.7 Å². The summed E-state index contributed by atoms with van der Waals surface area (Å²) in [6.45, 7) is 9.27. The third-order valence-corrected chi connectivity index (χ3v) is 7.73. The summed E-state index contributed by atoms with van der Waals surface area (Å²) >= 11 is 0.821. The van der Waals surface area contributed by atoms with Gasteiger partial charge in [-0.15, -0.1) is 11.3 Å². The predicted molar refractivity (Wildman–Crippen MR) is 85.6 cm³/mol. The second kappa shape index (κ2) is 5.21. The lowest BCUT2D eigenvalue weighted by Crippen LogP contribution is -2.26. The van der Waals surface area contributed by atoms with Gasteiger partial charge in [0.05, 0.1) is 12.0 Å². The smallest absolute Gasteiger partial charge is 0.261 e. The van der Waals surface area contributed by atoms with Crippen LogP contribution in [0.25, 0.3) is 0 Å². The first kappa shape index (κ1) is 17.2. The molecular weight excluding hydrogens is 324 g/mol. The Bertz CT molecular complexity index is 690. The molecule has 0 bridgehead atoms. The van der Waals surface area contributed by atoms with Crippen LogP contribution in [0.3, 0.4) is 0 Å². The van der Waals surface area contributed by atoms with E-state index in [1.807, 2.05) is 0 Å². The molecule has 1 fully saturated rings. The Labute approximate surface area is 135 Å². The van der Waals surface area contributed by atoms with Crippen molar-refractivity contribution in [2.75, 3.05) is 13.7 Å². The largest absolute Gasteiger partial charge is 0.494 e. The number of nitrogens with two attached hydrogens (primary N) is 1. The van der Waals surface area contributed by atoms with Crippen molar-refractivity contribution in [2.24, 2.45) is 21.9 Å². The van der Waals surface area contributed by atoms with E-state index in [1.54, 1.807) is 0 Å². The van der Waals surface area contributed by atoms with E-state index in [0.29, 0.717) is 12.5 Å². The lowest BCUT2D eigenvalue weighted by molar-refractivity contribution is 0.0953. The topological polar surface area (TPSA) is 98.5 Å². The predicted octanol–water partition coefficient (Wildman–Crippen LogP) is 1.82. The van der Waals surface area contributed by atoms with E-state index in [1.165, 1.54) is 13.2 Å². The maximum atomic E-state index is 12.2. The molecule has 0 spiro atoms. The second-order valence-corrected chi connectivity index (χ2v) is 9.53. The zero-order chi connectivity index (χ0) is 16.9. The van der Waals surface area contributed by atoms with Crippen LogP contribution in [0.4, 0.5) is 0 Å². The summed E-state index contributed by atoms with van der Waals surface area (Å²) in [5.74, 6) is 0.185. The minimum absolute atomic E-state index is 0.102. The van der Waals surface area contributed by atoms with Gasteiger partial charge in [0.25, 0.3) is 15.9 Å². The minimum Gasteiger partial charge on any atom is -0.494 e. The van der Waals surface area contributed by atoms with Crippen molar-refractivity contribution in [3.8, 4) is 5.75 Å². The molecule has 124 valence electrons. The van der Waals surface area contributed by atoms with Gasteiger partial charge in [-0.05, 0) is 16.7 Å². The van der Waals surface area contributed by atoms with Crippen molar-refractivity contribution in [3.63, 3.8) is 0 Å². The van der Waals surface area contributed by atoms with E-state index in [4.69, 9.17) is 9.88 Å². The number of thiophene rings is 1. The maximum Gasteiger partial charge on any atom is 0.261 e. The maximum absolute atomic E-state index is 12.2. The van der Waals surface area contributed by atoms with Crippen LogP contribution >= 0.6 is 11.3 Å². The SMILES string of the molecule is COc1cc(C(=O)NCC2C(C)(C)C2(C)C)sc1S(N)(=O)=O. The fourth-order valence-corrected chi connectivity index (χ4v) is 4.87. The standard InChI is InChI=1S/C14H22N2O4S2/c1-13(2)10(14(13,3)4)7-16-11(17)9-6-8(20-5)12(21-9)22(15,18)19/h6,10H,7H2,1-5H3,(H,16,17)(H2,15,18,19). The number of nitrogens with one attached hydrogen (secondary N) is 1. The second-order valence-electron chi connectivity index (χ2n) is 6.72. The Morgan fingerprint density at radius 2 is 1.91 bits per heavy atom. The number of carbonyl (C=O) groups is 1. The van der Waals surface area contributed by atoms with Crippen LogP contribution < -0.4 is 15.2 Å². The average molecular weight is 346 g/mol. The summed E-state index contributed by atoms with van der Waals surface area (Å²) in [4.78, 5) is 12.5. The Kier molecular flexibility index (Phi) is 4.08. The minimum atomic E-state index is -3.90. The molecule has 6 nitrogen and oxygen atoms in total.